The summed E-state index contributed by atoms with van der Waals surface area (Å²) in [5.74, 6) is -2.19. The van der Waals surface area contributed by atoms with E-state index in [1.54, 1.807) is 27.7 Å². The van der Waals surface area contributed by atoms with Gasteiger partial charge in [-0.2, -0.15) is 0 Å². The molecule has 0 saturated heterocycles. The molecule has 0 aromatic heterocycles. The van der Waals surface area contributed by atoms with Gasteiger partial charge in [0.25, 0.3) is 0 Å². The van der Waals surface area contributed by atoms with Gasteiger partial charge in [-0.3, -0.25) is 9.59 Å². The zero-order valence-electron chi connectivity index (χ0n) is 11.8. The SMILES string of the molecule is CC(C)C(CNC(=O)NCC(C)(C)C(N)=O)C(=O)O. The molecule has 7 nitrogen and oxygen atoms in total. The molecule has 0 aromatic rings. The first-order chi connectivity index (χ1) is 8.58. The Kier molecular flexibility index (Phi) is 6.31. The Hall–Kier alpha value is -1.79. The van der Waals surface area contributed by atoms with E-state index in [9.17, 15) is 14.4 Å². The Morgan fingerprint density at radius 1 is 1.21 bits per heavy atom. The summed E-state index contributed by atoms with van der Waals surface area (Å²) < 4.78 is 0. The lowest BCUT2D eigenvalue weighted by Crippen LogP contribution is -2.47. The molecule has 0 aliphatic heterocycles. The van der Waals surface area contributed by atoms with Gasteiger partial charge in [0.1, 0.15) is 0 Å². The highest BCUT2D eigenvalue weighted by Crippen LogP contribution is 2.12. The second-order valence-electron chi connectivity index (χ2n) is 5.50. The summed E-state index contributed by atoms with van der Waals surface area (Å²) in [6.45, 7) is 6.90. The van der Waals surface area contributed by atoms with E-state index in [4.69, 9.17) is 10.8 Å². The summed E-state index contributed by atoms with van der Waals surface area (Å²) in [5.41, 5.74) is 4.32. The summed E-state index contributed by atoms with van der Waals surface area (Å²) in [4.78, 5) is 33.5. The van der Waals surface area contributed by atoms with Crippen LogP contribution in [0.1, 0.15) is 27.7 Å². The first kappa shape index (κ1) is 17.2. The van der Waals surface area contributed by atoms with Crippen LogP contribution in [-0.2, 0) is 9.59 Å². The number of nitrogens with one attached hydrogen (secondary N) is 2. The first-order valence-electron chi connectivity index (χ1n) is 6.12. The third-order valence-electron chi connectivity index (χ3n) is 2.96. The van der Waals surface area contributed by atoms with Gasteiger partial charge in [-0.15, -0.1) is 0 Å². The van der Waals surface area contributed by atoms with Gasteiger partial charge in [-0.25, -0.2) is 4.79 Å². The molecule has 0 aromatic carbocycles. The lowest BCUT2D eigenvalue weighted by Gasteiger charge is -2.22. The number of hydrogen-bond acceptors (Lipinski definition) is 3. The third kappa shape index (κ3) is 6.08. The van der Waals surface area contributed by atoms with Crippen LogP contribution in [0.15, 0.2) is 0 Å². The number of rotatable bonds is 7. The minimum Gasteiger partial charge on any atom is -0.481 e. The number of amides is 3. The van der Waals surface area contributed by atoms with Crippen molar-refractivity contribution in [2.24, 2.45) is 23.0 Å². The second-order valence-corrected chi connectivity index (χ2v) is 5.50. The summed E-state index contributed by atoms with van der Waals surface area (Å²) >= 11 is 0. The molecule has 3 amide bonds. The fourth-order valence-corrected chi connectivity index (χ4v) is 1.26. The van der Waals surface area contributed by atoms with Crippen LogP contribution in [0.4, 0.5) is 4.79 Å². The number of urea groups is 1. The van der Waals surface area contributed by atoms with Crippen LogP contribution in [0.3, 0.4) is 0 Å². The zero-order chi connectivity index (χ0) is 15.2. The molecule has 1 atom stereocenters. The average Bonchev–Trinajstić information content (AvgIpc) is 2.25. The van der Waals surface area contributed by atoms with Gasteiger partial charge >= 0.3 is 12.0 Å². The summed E-state index contributed by atoms with van der Waals surface area (Å²) in [6, 6.07) is -0.513. The van der Waals surface area contributed by atoms with Crippen molar-refractivity contribution in [1.82, 2.24) is 10.6 Å². The molecule has 0 aliphatic carbocycles. The van der Waals surface area contributed by atoms with Crippen LogP contribution in [0.25, 0.3) is 0 Å². The molecule has 19 heavy (non-hydrogen) atoms. The number of carboxylic acid groups (broad SMARTS) is 1. The van der Waals surface area contributed by atoms with Crippen molar-refractivity contribution in [3.8, 4) is 0 Å². The van der Waals surface area contributed by atoms with E-state index in [1.165, 1.54) is 0 Å². The highest BCUT2D eigenvalue weighted by molar-refractivity contribution is 5.81. The Morgan fingerprint density at radius 3 is 2.11 bits per heavy atom. The van der Waals surface area contributed by atoms with E-state index in [1.807, 2.05) is 0 Å². The van der Waals surface area contributed by atoms with Crippen LogP contribution in [0.2, 0.25) is 0 Å². The summed E-state index contributed by atoms with van der Waals surface area (Å²) in [5, 5.41) is 13.9. The van der Waals surface area contributed by atoms with E-state index in [2.05, 4.69) is 10.6 Å². The van der Waals surface area contributed by atoms with E-state index in [0.717, 1.165) is 0 Å². The number of primary amides is 1. The molecule has 110 valence electrons. The van der Waals surface area contributed by atoms with Gasteiger partial charge < -0.3 is 21.5 Å². The molecule has 0 spiro atoms. The molecule has 0 saturated carbocycles. The van der Waals surface area contributed by atoms with Crippen LogP contribution in [-0.4, -0.2) is 36.1 Å². The number of nitrogens with two attached hydrogens (primary N) is 1. The minimum absolute atomic E-state index is 0.0375. The van der Waals surface area contributed by atoms with E-state index in [-0.39, 0.29) is 19.0 Å². The maximum atomic E-state index is 11.5. The largest absolute Gasteiger partial charge is 0.481 e. The fourth-order valence-electron chi connectivity index (χ4n) is 1.26. The Bertz CT molecular complexity index is 353. The number of carbonyl (C=O) groups is 3. The summed E-state index contributed by atoms with van der Waals surface area (Å²) in [6.07, 6.45) is 0. The van der Waals surface area contributed by atoms with Crippen LogP contribution < -0.4 is 16.4 Å². The van der Waals surface area contributed by atoms with Crippen molar-refractivity contribution in [1.29, 1.82) is 0 Å². The highest BCUT2D eigenvalue weighted by atomic mass is 16.4. The molecule has 0 aliphatic rings. The zero-order valence-corrected chi connectivity index (χ0v) is 11.8. The molecule has 0 radical (unpaired) electrons. The predicted octanol–water partition coefficient (Wildman–Crippen LogP) is 0.154. The minimum atomic E-state index is -0.951. The lowest BCUT2D eigenvalue weighted by molar-refractivity contribution is -0.142. The van der Waals surface area contributed by atoms with Gasteiger partial charge in [0.05, 0.1) is 11.3 Å². The molecule has 5 N–H and O–H groups in total. The van der Waals surface area contributed by atoms with Gasteiger partial charge in [0, 0.05) is 13.1 Å². The van der Waals surface area contributed by atoms with Crippen molar-refractivity contribution in [2.45, 2.75) is 27.7 Å². The topological polar surface area (TPSA) is 122 Å². The Balaban J connectivity index is 4.20. The Morgan fingerprint density at radius 2 is 1.74 bits per heavy atom. The smallest absolute Gasteiger partial charge is 0.314 e. The molecule has 7 heteroatoms. The van der Waals surface area contributed by atoms with Gasteiger partial charge in [0.15, 0.2) is 0 Å². The maximum absolute atomic E-state index is 11.5. The van der Waals surface area contributed by atoms with E-state index >= 15 is 0 Å². The molecule has 1 unspecified atom stereocenters. The van der Waals surface area contributed by atoms with Crippen molar-refractivity contribution >= 4 is 17.9 Å². The van der Waals surface area contributed by atoms with E-state index in [0.29, 0.717) is 0 Å². The first-order valence-corrected chi connectivity index (χ1v) is 6.12. The van der Waals surface area contributed by atoms with Crippen molar-refractivity contribution in [3.63, 3.8) is 0 Å². The molecule has 0 heterocycles. The number of aliphatic carboxylic acids is 1. The third-order valence-corrected chi connectivity index (χ3v) is 2.96. The molecule has 0 fully saturated rings. The van der Waals surface area contributed by atoms with E-state index < -0.39 is 29.2 Å². The lowest BCUT2D eigenvalue weighted by atomic mass is 9.93. The normalized spacial score (nSPS) is 12.9. The van der Waals surface area contributed by atoms with Crippen molar-refractivity contribution in [3.05, 3.63) is 0 Å². The van der Waals surface area contributed by atoms with Gasteiger partial charge in [-0.05, 0) is 19.8 Å². The predicted molar refractivity (Wildman–Crippen MR) is 70.3 cm³/mol. The number of carboxylic acids is 1. The quantitative estimate of drug-likeness (QED) is 0.527. The molecular weight excluding hydrogens is 250 g/mol. The van der Waals surface area contributed by atoms with Gasteiger partial charge in [0.2, 0.25) is 5.91 Å². The molecule has 0 bridgehead atoms. The molecular formula is C12H23N3O4. The standard InChI is InChI=1S/C12H23N3O4/c1-7(2)8(9(16)17)5-14-11(19)15-6-12(3,4)10(13)18/h7-8H,5-6H2,1-4H3,(H2,13,18)(H,16,17)(H2,14,15,19). The molecule has 0 rings (SSSR count). The highest BCUT2D eigenvalue weighted by Gasteiger charge is 2.26. The fraction of sp³-hybridized carbons (Fsp3) is 0.750. The van der Waals surface area contributed by atoms with Crippen molar-refractivity contribution in [2.75, 3.05) is 13.1 Å². The number of carbonyl (C=O) groups excluding carboxylic acids is 2. The van der Waals surface area contributed by atoms with Crippen LogP contribution in [0.5, 0.6) is 0 Å². The average molecular weight is 273 g/mol. The van der Waals surface area contributed by atoms with Gasteiger partial charge in [-0.1, -0.05) is 13.8 Å². The monoisotopic (exact) mass is 273 g/mol. The second kappa shape index (κ2) is 6.96. The van der Waals surface area contributed by atoms with Crippen LogP contribution in [0, 0.1) is 17.3 Å². The van der Waals surface area contributed by atoms with Crippen molar-refractivity contribution < 1.29 is 19.5 Å². The number of hydrogen-bond donors (Lipinski definition) is 4. The maximum Gasteiger partial charge on any atom is 0.314 e. The summed E-state index contributed by atoms with van der Waals surface area (Å²) in [7, 11) is 0. The van der Waals surface area contributed by atoms with Crippen LogP contribution >= 0.6 is 0 Å². The Labute approximate surface area is 112 Å².